The standard InChI is InChI=1S/C20H31NO5/c1-14(2)16-8-7-9-17(15(3)4)20(16)26-19(23)13-25-18(22)12-21(5)10-11-24-6/h7-9,14-15H,10-13H2,1-6H3. The molecular weight excluding hydrogens is 334 g/mol. The number of carbonyl (C=O) groups is 2. The van der Waals surface area contributed by atoms with E-state index in [1.807, 2.05) is 45.9 Å². The van der Waals surface area contributed by atoms with Gasteiger partial charge in [0.1, 0.15) is 5.75 Å². The van der Waals surface area contributed by atoms with Crippen molar-refractivity contribution < 1.29 is 23.8 Å². The number of hydrogen-bond donors (Lipinski definition) is 0. The number of hydrogen-bond acceptors (Lipinski definition) is 6. The molecule has 0 amide bonds. The van der Waals surface area contributed by atoms with E-state index in [1.165, 1.54) is 0 Å². The first-order valence-corrected chi connectivity index (χ1v) is 8.92. The lowest BCUT2D eigenvalue weighted by molar-refractivity contribution is -0.154. The van der Waals surface area contributed by atoms with Crippen LogP contribution in [0.2, 0.25) is 0 Å². The number of nitrogens with zero attached hydrogens (tertiary/aromatic N) is 1. The van der Waals surface area contributed by atoms with Crippen molar-refractivity contribution in [3.63, 3.8) is 0 Å². The molecule has 0 fully saturated rings. The summed E-state index contributed by atoms with van der Waals surface area (Å²) < 4.78 is 15.6. The van der Waals surface area contributed by atoms with E-state index in [2.05, 4.69) is 0 Å². The number of benzene rings is 1. The van der Waals surface area contributed by atoms with E-state index < -0.39 is 18.5 Å². The van der Waals surface area contributed by atoms with Crippen LogP contribution in [0.5, 0.6) is 5.75 Å². The Morgan fingerprint density at radius 2 is 1.62 bits per heavy atom. The number of ether oxygens (including phenoxy) is 3. The number of esters is 2. The lowest BCUT2D eigenvalue weighted by Gasteiger charge is -2.19. The molecule has 1 rings (SSSR count). The predicted molar refractivity (Wildman–Crippen MR) is 101 cm³/mol. The second-order valence-corrected chi connectivity index (χ2v) is 6.94. The Hall–Kier alpha value is -1.92. The van der Waals surface area contributed by atoms with Gasteiger partial charge < -0.3 is 14.2 Å². The van der Waals surface area contributed by atoms with Crippen LogP contribution in [0.4, 0.5) is 0 Å². The Balaban J connectivity index is 2.67. The van der Waals surface area contributed by atoms with Crippen LogP contribution in [-0.4, -0.2) is 57.3 Å². The van der Waals surface area contributed by atoms with Gasteiger partial charge in [-0.1, -0.05) is 45.9 Å². The van der Waals surface area contributed by atoms with E-state index in [4.69, 9.17) is 14.2 Å². The van der Waals surface area contributed by atoms with Crippen molar-refractivity contribution in [2.45, 2.75) is 39.5 Å². The van der Waals surface area contributed by atoms with Gasteiger partial charge in [-0.05, 0) is 30.0 Å². The molecule has 0 spiro atoms. The molecule has 0 saturated carbocycles. The van der Waals surface area contributed by atoms with Crippen LogP contribution in [0.25, 0.3) is 0 Å². The van der Waals surface area contributed by atoms with Gasteiger partial charge >= 0.3 is 11.9 Å². The van der Waals surface area contributed by atoms with Gasteiger partial charge in [0, 0.05) is 13.7 Å². The minimum absolute atomic E-state index is 0.0937. The first-order valence-electron chi connectivity index (χ1n) is 8.92. The van der Waals surface area contributed by atoms with Gasteiger partial charge in [-0.3, -0.25) is 9.69 Å². The third-order valence-corrected chi connectivity index (χ3v) is 3.96. The molecule has 26 heavy (non-hydrogen) atoms. The van der Waals surface area contributed by atoms with E-state index in [1.54, 1.807) is 19.1 Å². The van der Waals surface area contributed by atoms with E-state index in [0.29, 0.717) is 18.9 Å². The molecule has 0 aliphatic carbocycles. The van der Waals surface area contributed by atoms with Gasteiger partial charge in [0.15, 0.2) is 6.61 Å². The van der Waals surface area contributed by atoms with Crippen molar-refractivity contribution in [1.29, 1.82) is 0 Å². The van der Waals surface area contributed by atoms with Crippen molar-refractivity contribution in [2.24, 2.45) is 0 Å². The third kappa shape index (κ3) is 7.14. The number of likely N-dealkylation sites (N-methyl/N-ethyl adjacent to an activating group) is 1. The zero-order chi connectivity index (χ0) is 19.7. The molecular formula is C20H31NO5. The highest BCUT2D eigenvalue weighted by atomic mass is 16.6. The number of carbonyl (C=O) groups excluding carboxylic acids is 2. The Morgan fingerprint density at radius 3 is 2.12 bits per heavy atom. The monoisotopic (exact) mass is 365 g/mol. The number of para-hydroxylation sites is 1. The summed E-state index contributed by atoms with van der Waals surface area (Å²) in [6, 6.07) is 5.88. The molecule has 0 saturated heterocycles. The van der Waals surface area contributed by atoms with Crippen LogP contribution in [0.1, 0.15) is 50.7 Å². The molecule has 0 unspecified atom stereocenters. The van der Waals surface area contributed by atoms with Gasteiger partial charge in [-0.25, -0.2) is 4.79 Å². The average molecular weight is 365 g/mol. The molecule has 6 nitrogen and oxygen atoms in total. The molecule has 6 heteroatoms. The molecule has 1 aromatic rings. The summed E-state index contributed by atoms with van der Waals surface area (Å²) in [5.74, 6) is -0.0348. The fourth-order valence-corrected chi connectivity index (χ4v) is 2.48. The van der Waals surface area contributed by atoms with Crippen molar-refractivity contribution in [3.05, 3.63) is 29.3 Å². The SMILES string of the molecule is COCCN(C)CC(=O)OCC(=O)Oc1c(C(C)C)cccc1C(C)C. The van der Waals surface area contributed by atoms with E-state index >= 15 is 0 Å². The topological polar surface area (TPSA) is 65.1 Å². The van der Waals surface area contributed by atoms with Crippen molar-refractivity contribution >= 4 is 11.9 Å². The number of rotatable bonds is 10. The van der Waals surface area contributed by atoms with Gasteiger partial charge in [-0.2, -0.15) is 0 Å². The Bertz CT molecular complexity index is 572. The molecule has 0 aromatic heterocycles. The van der Waals surface area contributed by atoms with Crippen molar-refractivity contribution in [2.75, 3.05) is 40.5 Å². The van der Waals surface area contributed by atoms with Gasteiger partial charge in [0.25, 0.3) is 0 Å². The smallest absolute Gasteiger partial charge is 0.349 e. The van der Waals surface area contributed by atoms with E-state index in [0.717, 1.165) is 11.1 Å². The average Bonchev–Trinajstić information content (AvgIpc) is 2.57. The van der Waals surface area contributed by atoms with Crippen LogP contribution in [0.3, 0.4) is 0 Å². The molecule has 0 bridgehead atoms. The Morgan fingerprint density at radius 1 is 1.04 bits per heavy atom. The summed E-state index contributed by atoms with van der Waals surface area (Å²) in [5.41, 5.74) is 1.94. The number of methoxy groups -OCH3 is 1. The summed E-state index contributed by atoms with van der Waals surface area (Å²) in [4.78, 5) is 25.8. The largest absolute Gasteiger partial charge is 0.453 e. The van der Waals surface area contributed by atoms with Crippen LogP contribution < -0.4 is 4.74 Å². The summed E-state index contributed by atoms with van der Waals surface area (Å²) in [5, 5.41) is 0. The maximum Gasteiger partial charge on any atom is 0.349 e. The maximum atomic E-state index is 12.2. The zero-order valence-corrected chi connectivity index (χ0v) is 16.7. The van der Waals surface area contributed by atoms with Crippen molar-refractivity contribution in [3.8, 4) is 5.75 Å². The molecule has 0 aliphatic heterocycles. The predicted octanol–water partition coefficient (Wildman–Crippen LogP) is 2.96. The maximum absolute atomic E-state index is 12.2. The van der Waals surface area contributed by atoms with Gasteiger partial charge in [0.2, 0.25) is 0 Å². The highest BCUT2D eigenvalue weighted by Gasteiger charge is 2.19. The van der Waals surface area contributed by atoms with Crippen LogP contribution >= 0.6 is 0 Å². The molecule has 0 atom stereocenters. The van der Waals surface area contributed by atoms with Gasteiger partial charge in [0.05, 0.1) is 13.2 Å². The Labute approximate surface area is 156 Å². The zero-order valence-electron chi connectivity index (χ0n) is 16.7. The first-order chi connectivity index (χ1) is 12.3. The summed E-state index contributed by atoms with van der Waals surface area (Å²) in [6.45, 7) is 9.02. The molecule has 0 aliphatic rings. The minimum Gasteiger partial charge on any atom is -0.453 e. The fraction of sp³-hybridized carbons (Fsp3) is 0.600. The van der Waals surface area contributed by atoms with Crippen LogP contribution in [0.15, 0.2) is 18.2 Å². The van der Waals surface area contributed by atoms with Gasteiger partial charge in [-0.15, -0.1) is 0 Å². The molecule has 0 heterocycles. The molecule has 146 valence electrons. The highest BCUT2D eigenvalue weighted by molar-refractivity contribution is 5.79. The summed E-state index contributed by atoms with van der Waals surface area (Å²) in [6.07, 6.45) is 0. The van der Waals surface area contributed by atoms with E-state index in [-0.39, 0.29) is 18.4 Å². The first kappa shape index (κ1) is 22.1. The quantitative estimate of drug-likeness (QED) is 0.469. The molecule has 0 N–H and O–H groups in total. The van der Waals surface area contributed by atoms with Crippen LogP contribution in [-0.2, 0) is 19.1 Å². The minimum atomic E-state index is -0.576. The van der Waals surface area contributed by atoms with Crippen LogP contribution in [0, 0.1) is 0 Å². The van der Waals surface area contributed by atoms with E-state index in [9.17, 15) is 9.59 Å². The summed E-state index contributed by atoms with van der Waals surface area (Å²) in [7, 11) is 3.38. The lowest BCUT2D eigenvalue weighted by atomic mass is 9.94. The third-order valence-electron chi connectivity index (χ3n) is 3.96. The lowest BCUT2D eigenvalue weighted by Crippen LogP contribution is -2.31. The highest BCUT2D eigenvalue weighted by Crippen LogP contribution is 2.34. The van der Waals surface area contributed by atoms with Crippen molar-refractivity contribution in [1.82, 2.24) is 4.90 Å². The Kier molecular flexibility index (Phi) is 9.30. The molecule has 1 aromatic carbocycles. The second kappa shape index (κ2) is 10.9. The second-order valence-electron chi connectivity index (χ2n) is 6.94. The normalized spacial score (nSPS) is 11.3. The fourth-order valence-electron chi connectivity index (χ4n) is 2.48. The molecule has 0 radical (unpaired) electrons. The summed E-state index contributed by atoms with van der Waals surface area (Å²) >= 11 is 0.